The minimum absolute atomic E-state index is 0.214. The zero-order valence-corrected chi connectivity index (χ0v) is 13.7. The first-order valence-corrected chi connectivity index (χ1v) is 7.42. The predicted octanol–water partition coefficient (Wildman–Crippen LogP) is 1.89. The molecule has 6 heteroatoms. The number of rotatable bonds is 4. The van der Waals surface area contributed by atoms with Crippen molar-refractivity contribution in [2.45, 2.75) is 13.5 Å². The first-order chi connectivity index (χ1) is 11.0. The zero-order valence-electron chi connectivity index (χ0n) is 13.0. The standard InChI is InChI=1S/C17H18ClFN4/c1-3-11-5-7-23(16(11)4-6-22-2)10-13-14(18)8-12(17(20)21)9-15(13)19/h3-9H,10H2,1-2H3,(H3,20,21)/b11-3-,16-4+,22-6+. The topological polar surface area (TPSA) is 67.2 Å². The molecule has 0 aliphatic carbocycles. The largest absolute Gasteiger partial charge is 0.384 e. The third-order valence-electron chi connectivity index (χ3n) is 3.51. The van der Waals surface area contributed by atoms with Crippen LogP contribution in [0.5, 0.6) is 0 Å². The summed E-state index contributed by atoms with van der Waals surface area (Å²) in [6.07, 6.45) is 7.41. The second-order valence-corrected chi connectivity index (χ2v) is 5.39. The Morgan fingerprint density at radius 2 is 2.22 bits per heavy atom. The number of amidine groups is 1. The molecule has 1 aromatic carbocycles. The molecule has 0 atom stereocenters. The van der Waals surface area contributed by atoms with Crippen LogP contribution in [0.1, 0.15) is 18.1 Å². The summed E-state index contributed by atoms with van der Waals surface area (Å²) >= 11 is 6.18. The lowest BCUT2D eigenvalue weighted by Gasteiger charge is -2.10. The van der Waals surface area contributed by atoms with Crippen molar-refractivity contribution in [1.82, 2.24) is 4.57 Å². The van der Waals surface area contributed by atoms with Crippen LogP contribution in [0.15, 0.2) is 29.4 Å². The third-order valence-corrected chi connectivity index (χ3v) is 3.85. The second-order valence-electron chi connectivity index (χ2n) is 4.98. The lowest BCUT2D eigenvalue weighted by molar-refractivity contribution is 0.597. The Morgan fingerprint density at radius 3 is 2.78 bits per heavy atom. The van der Waals surface area contributed by atoms with Crippen molar-refractivity contribution in [3.05, 3.63) is 56.9 Å². The van der Waals surface area contributed by atoms with Gasteiger partial charge in [-0.2, -0.15) is 0 Å². The third kappa shape index (κ3) is 3.68. The molecule has 0 radical (unpaired) electrons. The normalized spacial score (nSPS) is 13.2. The molecule has 0 bridgehead atoms. The van der Waals surface area contributed by atoms with E-state index in [1.165, 1.54) is 12.1 Å². The van der Waals surface area contributed by atoms with E-state index in [2.05, 4.69) is 4.99 Å². The van der Waals surface area contributed by atoms with Crippen molar-refractivity contribution in [2.24, 2.45) is 10.7 Å². The van der Waals surface area contributed by atoms with Gasteiger partial charge in [-0.1, -0.05) is 17.7 Å². The van der Waals surface area contributed by atoms with Gasteiger partial charge in [0.15, 0.2) is 0 Å². The van der Waals surface area contributed by atoms with Gasteiger partial charge in [-0.3, -0.25) is 10.4 Å². The fourth-order valence-corrected chi connectivity index (χ4v) is 2.57. The highest BCUT2D eigenvalue weighted by Gasteiger charge is 2.12. The minimum atomic E-state index is -0.478. The monoisotopic (exact) mass is 332 g/mol. The number of nitrogens with zero attached hydrogens (tertiary/aromatic N) is 2. The molecule has 1 aromatic heterocycles. The molecule has 0 saturated heterocycles. The molecule has 0 amide bonds. The summed E-state index contributed by atoms with van der Waals surface area (Å²) < 4.78 is 16.2. The lowest BCUT2D eigenvalue weighted by atomic mass is 10.1. The van der Waals surface area contributed by atoms with Crippen molar-refractivity contribution in [1.29, 1.82) is 5.41 Å². The van der Waals surface area contributed by atoms with Gasteiger partial charge in [0.25, 0.3) is 0 Å². The number of nitrogens with two attached hydrogens (primary N) is 1. The highest BCUT2D eigenvalue weighted by atomic mass is 35.5. The van der Waals surface area contributed by atoms with Crippen molar-refractivity contribution >= 4 is 35.8 Å². The van der Waals surface area contributed by atoms with E-state index >= 15 is 0 Å². The number of aromatic nitrogens is 1. The van der Waals surface area contributed by atoms with Crippen LogP contribution < -0.4 is 16.3 Å². The maximum Gasteiger partial charge on any atom is 0.130 e. The summed E-state index contributed by atoms with van der Waals surface area (Å²) in [5.41, 5.74) is 6.02. The summed E-state index contributed by atoms with van der Waals surface area (Å²) in [7, 11) is 1.69. The first-order valence-electron chi connectivity index (χ1n) is 7.04. The van der Waals surface area contributed by atoms with Crippen molar-refractivity contribution in [3.8, 4) is 0 Å². The summed E-state index contributed by atoms with van der Waals surface area (Å²) in [4.78, 5) is 3.95. The number of hydrogen-bond acceptors (Lipinski definition) is 2. The van der Waals surface area contributed by atoms with Crippen LogP contribution in [0.3, 0.4) is 0 Å². The Kier molecular flexibility index (Phi) is 5.34. The van der Waals surface area contributed by atoms with E-state index in [0.29, 0.717) is 5.56 Å². The summed E-state index contributed by atoms with van der Waals surface area (Å²) in [6.45, 7) is 2.22. The lowest BCUT2D eigenvalue weighted by Crippen LogP contribution is -2.29. The molecular weight excluding hydrogens is 315 g/mol. The molecule has 0 unspecified atom stereocenters. The fourth-order valence-electron chi connectivity index (χ4n) is 2.30. The van der Waals surface area contributed by atoms with Crippen LogP contribution in [0.2, 0.25) is 5.02 Å². The zero-order chi connectivity index (χ0) is 17.0. The van der Waals surface area contributed by atoms with Crippen molar-refractivity contribution in [2.75, 3.05) is 7.05 Å². The predicted molar refractivity (Wildman–Crippen MR) is 94.2 cm³/mol. The molecule has 0 saturated carbocycles. The highest BCUT2D eigenvalue weighted by molar-refractivity contribution is 6.31. The van der Waals surface area contributed by atoms with Crippen LogP contribution in [-0.2, 0) is 6.54 Å². The maximum atomic E-state index is 14.3. The first kappa shape index (κ1) is 17.0. The number of aliphatic imine (C=N–C) groups is 1. The fraction of sp³-hybridized carbons (Fsp3) is 0.176. The molecule has 4 nitrogen and oxygen atoms in total. The molecule has 2 rings (SSSR count). The quantitative estimate of drug-likeness (QED) is 0.651. The maximum absolute atomic E-state index is 14.3. The van der Waals surface area contributed by atoms with Gasteiger partial charge in [0.1, 0.15) is 11.7 Å². The number of benzene rings is 1. The number of nitrogen functional groups attached to an aromatic ring is 1. The van der Waals surface area contributed by atoms with E-state index in [0.717, 1.165) is 10.6 Å². The minimum Gasteiger partial charge on any atom is -0.384 e. The van der Waals surface area contributed by atoms with E-state index in [9.17, 15) is 4.39 Å². The van der Waals surface area contributed by atoms with Gasteiger partial charge in [0, 0.05) is 41.0 Å². The van der Waals surface area contributed by atoms with Gasteiger partial charge >= 0.3 is 0 Å². The summed E-state index contributed by atoms with van der Waals surface area (Å²) in [6, 6.07) is 4.69. The van der Waals surface area contributed by atoms with E-state index < -0.39 is 5.82 Å². The van der Waals surface area contributed by atoms with Crippen LogP contribution in [-0.4, -0.2) is 23.7 Å². The van der Waals surface area contributed by atoms with Gasteiger partial charge in [0.05, 0.1) is 6.54 Å². The van der Waals surface area contributed by atoms with Gasteiger partial charge in [-0.05, 0) is 36.4 Å². The summed E-state index contributed by atoms with van der Waals surface area (Å²) in [5, 5.41) is 9.58. The van der Waals surface area contributed by atoms with Crippen LogP contribution in [0.25, 0.3) is 12.2 Å². The highest BCUT2D eigenvalue weighted by Crippen LogP contribution is 2.22. The van der Waals surface area contributed by atoms with E-state index in [4.69, 9.17) is 22.7 Å². The van der Waals surface area contributed by atoms with Crippen molar-refractivity contribution in [3.63, 3.8) is 0 Å². The summed E-state index contributed by atoms with van der Waals surface area (Å²) in [5.74, 6) is -0.692. The second kappa shape index (κ2) is 7.24. The molecule has 0 fully saturated rings. The van der Waals surface area contributed by atoms with Gasteiger partial charge in [0.2, 0.25) is 0 Å². The van der Waals surface area contributed by atoms with Crippen LogP contribution in [0.4, 0.5) is 4.39 Å². The van der Waals surface area contributed by atoms with Crippen molar-refractivity contribution < 1.29 is 4.39 Å². The van der Waals surface area contributed by atoms with E-state index in [1.54, 1.807) is 13.3 Å². The molecular formula is C17H18ClFN4. The number of nitrogens with one attached hydrogen (secondary N) is 1. The van der Waals surface area contributed by atoms with Crippen LogP contribution in [0, 0.1) is 11.2 Å². The molecule has 0 spiro atoms. The smallest absolute Gasteiger partial charge is 0.130 e. The van der Waals surface area contributed by atoms with Crippen LogP contribution >= 0.6 is 11.6 Å². The Labute approximate surface area is 138 Å². The van der Waals surface area contributed by atoms with Gasteiger partial charge in [-0.25, -0.2) is 4.39 Å². The Morgan fingerprint density at radius 1 is 1.48 bits per heavy atom. The van der Waals surface area contributed by atoms with E-state index in [1.807, 2.05) is 35.9 Å². The molecule has 3 N–H and O–H groups in total. The molecule has 1 heterocycles. The Hall–Kier alpha value is -2.40. The number of halogens is 2. The van der Waals surface area contributed by atoms with Gasteiger partial charge in [-0.15, -0.1) is 0 Å². The average molecular weight is 333 g/mol. The number of hydrogen-bond donors (Lipinski definition) is 2. The average Bonchev–Trinajstić information content (AvgIpc) is 2.90. The van der Waals surface area contributed by atoms with Gasteiger partial charge < -0.3 is 10.3 Å². The molecule has 23 heavy (non-hydrogen) atoms. The SMILES string of the molecule is C/C=c1/ccn(Cc2c(F)cc(C(=N)N)cc2Cl)/c1=C/C=N/C. The Bertz CT molecular complexity index is 857. The van der Waals surface area contributed by atoms with E-state index in [-0.39, 0.29) is 23.0 Å². The molecule has 0 aliphatic heterocycles. The molecule has 0 aliphatic rings. The Balaban J connectivity index is 2.53. The molecule has 2 aromatic rings. The molecule has 120 valence electrons.